The van der Waals surface area contributed by atoms with Crippen molar-refractivity contribution in [3.63, 3.8) is 0 Å². The molecule has 0 aromatic carbocycles. The third kappa shape index (κ3) is 4.67. The van der Waals surface area contributed by atoms with E-state index in [1.165, 1.54) is 57.4 Å². The maximum Gasteiger partial charge on any atom is 0.341 e. The summed E-state index contributed by atoms with van der Waals surface area (Å²) in [5.74, 6) is 0. The summed E-state index contributed by atoms with van der Waals surface area (Å²) in [6.45, 7) is 8.18. The molecule has 0 unspecified atom stereocenters. The summed E-state index contributed by atoms with van der Waals surface area (Å²) in [6, 6.07) is 1.22. The minimum absolute atomic E-state index is 0.753. The molecule has 0 heterocycles. The Labute approximate surface area is 115 Å². The summed E-state index contributed by atoms with van der Waals surface area (Å²) in [5, 5.41) is 0. The predicted octanol–water partition coefficient (Wildman–Crippen LogP) is 5.03. The van der Waals surface area contributed by atoms with Gasteiger partial charge in [-0.15, -0.1) is 0 Å². The minimum atomic E-state index is -1.93. The minimum Gasteiger partial charge on any atom is -0.394 e. The van der Waals surface area contributed by atoms with Crippen LogP contribution in [0.4, 0.5) is 0 Å². The van der Waals surface area contributed by atoms with Crippen molar-refractivity contribution in [1.82, 2.24) is 0 Å². The second kappa shape index (κ2) is 9.11. The van der Waals surface area contributed by atoms with Gasteiger partial charge in [0.1, 0.15) is 0 Å². The van der Waals surface area contributed by atoms with Crippen LogP contribution in [0.5, 0.6) is 0 Å². The Morgan fingerprint density at radius 2 is 1.50 bits per heavy atom. The van der Waals surface area contributed by atoms with Gasteiger partial charge in [-0.25, -0.2) is 0 Å². The van der Waals surface area contributed by atoms with Crippen LogP contribution in [0.2, 0.25) is 11.6 Å². The Hall–Kier alpha value is 0.137. The van der Waals surface area contributed by atoms with Crippen molar-refractivity contribution in [2.75, 3.05) is 13.2 Å². The van der Waals surface area contributed by atoms with E-state index in [1.807, 2.05) is 0 Å². The van der Waals surface area contributed by atoms with Crippen LogP contribution >= 0.6 is 0 Å². The summed E-state index contributed by atoms with van der Waals surface area (Å²) in [7, 11) is -1.93. The molecule has 0 radical (unpaired) electrons. The van der Waals surface area contributed by atoms with Crippen LogP contribution in [-0.4, -0.2) is 21.8 Å². The standard InChI is InChI=1S/C15H32O2Si/c1-4-7-11-14-18(16-5-2,17-6-3)15-12-9-8-10-13-15/h15H,4-14H2,1-3H3. The fourth-order valence-electron chi connectivity index (χ4n) is 3.28. The maximum absolute atomic E-state index is 6.27. The zero-order valence-electron chi connectivity index (χ0n) is 12.7. The van der Waals surface area contributed by atoms with E-state index in [9.17, 15) is 0 Å². The molecule has 0 aromatic rings. The van der Waals surface area contributed by atoms with E-state index in [-0.39, 0.29) is 0 Å². The van der Waals surface area contributed by atoms with Crippen LogP contribution in [0.3, 0.4) is 0 Å². The molecular weight excluding hydrogens is 240 g/mol. The first-order valence-corrected chi connectivity index (χ1v) is 10.2. The topological polar surface area (TPSA) is 18.5 Å². The lowest BCUT2D eigenvalue weighted by Gasteiger charge is -2.39. The molecule has 1 fully saturated rings. The van der Waals surface area contributed by atoms with Crippen molar-refractivity contribution in [2.24, 2.45) is 0 Å². The van der Waals surface area contributed by atoms with Gasteiger partial charge in [0, 0.05) is 18.8 Å². The van der Waals surface area contributed by atoms with Crippen LogP contribution in [0.25, 0.3) is 0 Å². The van der Waals surface area contributed by atoms with Crippen LogP contribution < -0.4 is 0 Å². The maximum atomic E-state index is 6.27. The summed E-state index contributed by atoms with van der Waals surface area (Å²) in [4.78, 5) is 0. The molecule has 0 saturated heterocycles. The number of hydrogen-bond donors (Lipinski definition) is 0. The van der Waals surface area contributed by atoms with E-state index in [0.717, 1.165) is 18.8 Å². The first-order chi connectivity index (χ1) is 8.79. The molecule has 1 rings (SSSR count). The molecule has 0 atom stereocenters. The van der Waals surface area contributed by atoms with Crippen LogP contribution in [-0.2, 0) is 8.85 Å². The van der Waals surface area contributed by atoms with Crippen molar-refractivity contribution in [2.45, 2.75) is 83.7 Å². The third-order valence-corrected chi connectivity index (χ3v) is 8.56. The van der Waals surface area contributed by atoms with Crippen LogP contribution in [0, 0.1) is 0 Å². The third-order valence-electron chi connectivity index (χ3n) is 4.13. The monoisotopic (exact) mass is 272 g/mol. The van der Waals surface area contributed by atoms with Gasteiger partial charge in [-0.05, 0) is 32.7 Å². The number of hydrogen-bond acceptors (Lipinski definition) is 2. The van der Waals surface area contributed by atoms with Crippen molar-refractivity contribution in [3.05, 3.63) is 0 Å². The lowest BCUT2D eigenvalue weighted by atomic mass is 10.0. The molecular formula is C15H32O2Si. The Bertz CT molecular complexity index is 197. The van der Waals surface area contributed by atoms with Gasteiger partial charge in [-0.1, -0.05) is 45.4 Å². The van der Waals surface area contributed by atoms with Crippen molar-refractivity contribution >= 4 is 8.56 Å². The average Bonchev–Trinajstić information content (AvgIpc) is 2.40. The molecule has 0 spiro atoms. The summed E-state index contributed by atoms with van der Waals surface area (Å²) in [5.41, 5.74) is 0.753. The first-order valence-electron chi connectivity index (χ1n) is 8.07. The van der Waals surface area contributed by atoms with Crippen molar-refractivity contribution < 1.29 is 8.85 Å². The Balaban J connectivity index is 2.66. The first kappa shape index (κ1) is 16.2. The van der Waals surface area contributed by atoms with Crippen LogP contribution in [0.15, 0.2) is 0 Å². The van der Waals surface area contributed by atoms with Gasteiger partial charge in [0.05, 0.1) is 0 Å². The largest absolute Gasteiger partial charge is 0.394 e. The molecule has 18 heavy (non-hydrogen) atoms. The summed E-state index contributed by atoms with van der Waals surface area (Å²) < 4.78 is 12.5. The van der Waals surface area contributed by atoms with Gasteiger partial charge in [0.2, 0.25) is 0 Å². The van der Waals surface area contributed by atoms with E-state index < -0.39 is 8.56 Å². The molecule has 108 valence electrons. The highest BCUT2D eigenvalue weighted by atomic mass is 28.4. The molecule has 0 N–H and O–H groups in total. The number of unbranched alkanes of at least 4 members (excludes halogenated alkanes) is 2. The highest BCUT2D eigenvalue weighted by Gasteiger charge is 2.45. The highest BCUT2D eigenvalue weighted by molar-refractivity contribution is 6.69. The molecule has 2 nitrogen and oxygen atoms in total. The molecule has 3 heteroatoms. The van der Waals surface area contributed by atoms with Gasteiger partial charge in [0.15, 0.2) is 0 Å². The molecule has 0 bridgehead atoms. The lowest BCUT2D eigenvalue weighted by molar-refractivity contribution is 0.163. The Morgan fingerprint density at radius 3 is 2.00 bits per heavy atom. The molecule has 1 saturated carbocycles. The van der Waals surface area contributed by atoms with E-state index >= 15 is 0 Å². The zero-order valence-corrected chi connectivity index (χ0v) is 13.7. The molecule has 0 amide bonds. The van der Waals surface area contributed by atoms with E-state index in [1.54, 1.807) is 0 Å². The normalized spacial score (nSPS) is 18.2. The summed E-state index contributed by atoms with van der Waals surface area (Å²) in [6.07, 6.45) is 10.8. The lowest BCUT2D eigenvalue weighted by Crippen LogP contribution is -2.47. The smallest absolute Gasteiger partial charge is 0.341 e. The molecule has 0 aliphatic heterocycles. The van der Waals surface area contributed by atoms with Crippen molar-refractivity contribution in [1.29, 1.82) is 0 Å². The van der Waals surface area contributed by atoms with Gasteiger partial charge in [-0.3, -0.25) is 0 Å². The van der Waals surface area contributed by atoms with Gasteiger partial charge in [-0.2, -0.15) is 0 Å². The predicted molar refractivity (Wildman–Crippen MR) is 80.2 cm³/mol. The second-order valence-corrected chi connectivity index (χ2v) is 8.99. The van der Waals surface area contributed by atoms with Crippen molar-refractivity contribution in [3.8, 4) is 0 Å². The molecule has 1 aliphatic carbocycles. The van der Waals surface area contributed by atoms with Gasteiger partial charge < -0.3 is 8.85 Å². The van der Waals surface area contributed by atoms with Gasteiger partial charge in [0.25, 0.3) is 0 Å². The molecule has 1 aliphatic rings. The molecule has 0 aromatic heterocycles. The fraction of sp³-hybridized carbons (Fsp3) is 1.00. The van der Waals surface area contributed by atoms with Crippen LogP contribution in [0.1, 0.15) is 72.1 Å². The second-order valence-electron chi connectivity index (χ2n) is 5.47. The SMILES string of the molecule is CCCCC[Si](OCC)(OCC)C1CCCCC1. The highest BCUT2D eigenvalue weighted by Crippen LogP contribution is 2.41. The zero-order chi connectivity index (χ0) is 13.3. The van der Waals surface area contributed by atoms with E-state index in [4.69, 9.17) is 8.85 Å². The van der Waals surface area contributed by atoms with E-state index in [0.29, 0.717) is 0 Å². The van der Waals surface area contributed by atoms with E-state index in [2.05, 4.69) is 20.8 Å². The number of rotatable bonds is 9. The Kier molecular flexibility index (Phi) is 8.19. The fourth-order valence-corrected chi connectivity index (χ4v) is 7.54. The van der Waals surface area contributed by atoms with Gasteiger partial charge >= 0.3 is 8.56 Å². The Morgan fingerprint density at radius 1 is 0.889 bits per heavy atom. The quantitative estimate of drug-likeness (QED) is 0.433. The summed E-state index contributed by atoms with van der Waals surface area (Å²) >= 11 is 0. The average molecular weight is 273 g/mol.